The van der Waals surface area contributed by atoms with Crippen molar-refractivity contribution in [3.05, 3.63) is 46.4 Å². The summed E-state index contributed by atoms with van der Waals surface area (Å²) in [6, 6.07) is 5.88. The average molecular weight is 427 g/mol. The van der Waals surface area contributed by atoms with Crippen molar-refractivity contribution in [1.82, 2.24) is 25.1 Å². The van der Waals surface area contributed by atoms with Crippen LogP contribution < -0.4 is 9.64 Å². The molecule has 0 radical (unpaired) electrons. The minimum atomic E-state index is -1.12. The van der Waals surface area contributed by atoms with Gasteiger partial charge in [0.05, 0.1) is 12.3 Å². The zero-order chi connectivity index (χ0) is 21.5. The van der Waals surface area contributed by atoms with Gasteiger partial charge in [0.1, 0.15) is 10.6 Å². The van der Waals surface area contributed by atoms with Gasteiger partial charge in [0.2, 0.25) is 17.0 Å². The Labute approximate surface area is 180 Å². The molecule has 9 heteroatoms. The first-order valence-electron chi connectivity index (χ1n) is 9.92. The van der Waals surface area contributed by atoms with Gasteiger partial charge in [0.15, 0.2) is 0 Å². The Kier molecular flexibility index (Phi) is 5.42. The molecule has 0 spiro atoms. The summed E-state index contributed by atoms with van der Waals surface area (Å²) in [5.41, 5.74) is 1.64. The average Bonchev–Trinajstić information content (AvgIpc) is 3.36. The number of hydrogen-bond donors (Lipinski definition) is 1. The number of aryl methyl sites for hydroxylation is 2. The smallest absolute Gasteiger partial charge is 0.235 e. The van der Waals surface area contributed by atoms with E-state index >= 15 is 0 Å². The van der Waals surface area contributed by atoms with Crippen molar-refractivity contribution in [3.8, 4) is 5.88 Å². The van der Waals surface area contributed by atoms with Crippen LogP contribution in [0.15, 0.2) is 24.4 Å². The van der Waals surface area contributed by atoms with Gasteiger partial charge in [-0.15, -0.1) is 10.2 Å². The molecule has 1 saturated carbocycles. The molecule has 1 aliphatic rings. The van der Waals surface area contributed by atoms with Crippen molar-refractivity contribution in [1.29, 1.82) is 0 Å². The van der Waals surface area contributed by atoms with E-state index in [4.69, 9.17) is 4.74 Å². The first-order chi connectivity index (χ1) is 14.2. The van der Waals surface area contributed by atoms with Crippen LogP contribution in [-0.4, -0.2) is 43.9 Å². The number of hydrogen-bond acceptors (Lipinski definition) is 9. The second-order valence-corrected chi connectivity index (χ2v) is 9.45. The highest BCUT2D eigenvalue weighted by molar-refractivity contribution is 7.15. The maximum absolute atomic E-state index is 10.5. The quantitative estimate of drug-likeness (QED) is 0.613. The first kappa shape index (κ1) is 20.6. The fourth-order valence-electron chi connectivity index (χ4n) is 3.14. The highest BCUT2D eigenvalue weighted by Crippen LogP contribution is 2.46. The second-order valence-electron chi connectivity index (χ2n) is 8.29. The van der Waals surface area contributed by atoms with Crippen LogP contribution in [0.2, 0.25) is 0 Å². The molecule has 1 N–H and O–H groups in total. The largest absolute Gasteiger partial charge is 0.477 e. The maximum Gasteiger partial charge on any atom is 0.235 e. The van der Waals surface area contributed by atoms with Crippen LogP contribution in [-0.2, 0) is 5.60 Å². The molecule has 0 aromatic carbocycles. The van der Waals surface area contributed by atoms with Crippen LogP contribution in [0.1, 0.15) is 48.1 Å². The molecule has 0 aliphatic heterocycles. The molecule has 3 aromatic rings. The Hall–Kier alpha value is -2.65. The maximum atomic E-state index is 10.5. The molecule has 0 amide bonds. The number of pyridine rings is 1. The lowest BCUT2D eigenvalue weighted by atomic mass is 10.1. The fourth-order valence-corrected chi connectivity index (χ4v) is 3.79. The Morgan fingerprint density at radius 1 is 1.23 bits per heavy atom. The molecule has 0 bridgehead atoms. The molecule has 8 nitrogen and oxygen atoms in total. The summed E-state index contributed by atoms with van der Waals surface area (Å²) in [6.45, 7) is 7.86. The molecule has 0 saturated heterocycles. The molecule has 3 heterocycles. The van der Waals surface area contributed by atoms with Crippen LogP contribution in [0.3, 0.4) is 0 Å². The van der Waals surface area contributed by atoms with E-state index in [2.05, 4.69) is 37.3 Å². The third-order valence-electron chi connectivity index (χ3n) is 5.10. The summed E-state index contributed by atoms with van der Waals surface area (Å²) in [4.78, 5) is 15.3. The summed E-state index contributed by atoms with van der Waals surface area (Å²) in [7, 11) is 1.83. The zero-order valence-corrected chi connectivity index (χ0v) is 18.6. The number of aliphatic hydroxyl groups is 1. The van der Waals surface area contributed by atoms with E-state index in [1.807, 2.05) is 27.1 Å². The number of rotatable bonds is 7. The van der Waals surface area contributed by atoms with Crippen LogP contribution in [0, 0.1) is 19.8 Å². The molecule has 0 unspecified atom stereocenters. The summed E-state index contributed by atoms with van der Waals surface area (Å²) in [6.07, 6.45) is 2.96. The standard InChI is InChI=1S/C21H26N6O2S/c1-12-6-7-16(22-10-12)15-8-14(15)11-29-18-9-17(21(3,4)28)23-19(24-18)27(5)20-26-25-13(2)30-20/h6-7,9-10,14-15,28H,8,11H2,1-5H3/t14-,15+/m1/s1. The topological polar surface area (TPSA) is 97.2 Å². The molecule has 30 heavy (non-hydrogen) atoms. The first-order valence-corrected chi connectivity index (χ1v) is 10.7. The zero-order valence-electron chi connectivity index (χ0n) is 17.8. The molecule has 158 valence electrons. The van der Waals surface area contributed by atoms with Gasteiger partial charge in [0.25, 0.3) is 0 Å². The van der Waals surface area contributed by atoms with Crippen molar-refractivity contribution in [3.63, 3.8) is 0 Å². The Bertz CT molecular complexity index is 1030. The van der Waals surface area contributed by atoms with Crippen molar-refractivity contribution in [2.45, 2.75) is 45.6 Å². The number of ether oxygens (including phenoxy) is 1. The van der Waals surface area contributed by atoms with Gasteiger partial charge in [-0.2, -0.15) is 4.98 Å². The summed E-state index contributed by atoms with van der Waals surface area (Å²) >= 11 is 1.45. The summed E-state index contributed by atoms with van der Waals surface area (Å²) in [5.74, 6) is 1.68. The van der Waals surface area contributed by atoms with E-state index in [1.165, 1.54) is 11.3 Å². The lowest BCUT2D eigenvalue weighted by molar-refractivity contribution is 0.0733. The van der Waals surface area contributed by atoms with Crippen LogP contribution in [0.5, 0.6) is 5.88 Å². The van der Waals surface area contributed by atoms with Gasteiger partial charge in [-0.05, 0) is 45.7 Å². The Balaban J connectivity index is 1.50. The summed E-state index contributed by atoms with van der Waals surface area (Å²) in [5, 5.41) is 20.2. The van der Waals surface area contributed by atoms with Crippen LogP contribution in [0.25, 0.3) is 0 Å². The molecular formula is C21H26N6O2S. The number of aromatic nitrogens is 5. The molecule has 3 aromatic heterocycles. The van der Waals surface area contributed by atoms with Gasteiger partial charge in [0, 0.05) is 36.8 Å². The van der Waals surface area contributed by atoms with E-state index in [-0.39, 0.29) is 0 Å². The number of nitrogens with zero attached hydrogens (tertiary/aromatic N) is 6. The molecule has 1 aliphatic carbocycles. The van der Waals surface area contributed by atoms with Crippen molar-refractivity contribution >= 4 is 22.4 Å². The third-order valence-corrected chi connectivity index (χ3v) is 6.02. The highest BCUT2D eigenvalue weighted by Gasteiger charge is 2.40. The van der Waals surface area contributed by atoms with Gasteiger partial charge >= 0.3 is 0 Å². The highest BCUT2D eigenvalue weighted by atomic mass is 32.1. The van der Waals surface area contributed by atoms with Crippen LogP contribution in [0.4, 0.5) is 11.1 Å². The van der Waals surface area contributed by atoms with Gasteiger partial charge in [-0.1, -0.05) is 17.4 Å². The Morgan fingerprint density at radius 2 is 2.03 bits per heavy atom. The molecule has 1 fully saturated rings. The monoisotopic (exact) mass is 426 g/mol. The van der Waals surface area contributed by atoms with Crippen molar-refractivity contribution in [2.75, 3.05) is 18.6 Å². The van der Waals surface area contributed by atoms with Gasteiger partial charge < -0.3 is 9.84 Å². The summed E-state index contributed by atoms with van der Waals surface area (Å²) < 4.78 is 6.02. The minimum Gasteiger partial charge on any atom is -0.477 e. The lowest BCUT2D eigenvalue weighted by Crippen LogP contribution is -2.22. The predicted octanol–water partition coefficient (Wildman–Crippen LogP) is 3.52. The van der Waals surface area contributed by atoms with E-state index in [0.717, 1.165) is 22.7 Å². The fraction of sp³-hybridized carbons (Fsp3) is 0.476. The third kappa shape index (κ3) is 4.57. The molecule has 4 rings (SSSR count). The molecule has 2 atom stereocenters. The van der Waals surface area contributed by atoms with E-state index < -0.39 is 5.60 Å². The lowest BCUT2D eigenvalue weighted by Gasteiger charge is -2.21. The van der Waals surface area contributed by atoms with E-state index in [0.29, 0.717) is 41.1 Å². The van der Waals surface area contributed by atoms with Crippen molar-refractivity contribution in [2.24, 2.45) is 5.92 Å². The molecular weight excluding hydrogens is 400 g/mol. The normalized spacial score (nSPS) is 18.3. The van der Waals surface area contributed by atoms with Gasteiger partial charge in [-0.3, -0.25) is 9.88 Å². The van der Waals surface area contributed by atoms with Crippen molar-refractivity contribution < 1.29 is 9.84 Å². The second kappa shape index (κ2) is 7.88. The number of anilines is 2. The minimum absolute atomic E-state index is 0.410. The Morgan fingerprint density at radius 3 is 2.67 bits per heavy atom. The van der Waals surface area contributed by atoms with Gasteiger partial charge in [-0.25, -0.2) is 4.98 Å². The predicted molar refractivity (Wildman–Crippen MR) is 115 cm³/mol. The SMILES string of the molecule is Cc1ccc([C@H]2C[C@@H]2COc2cc(C(C)(C)O)nc(N(C)c3nnc(C)s3)n2)nc1. The van der Waals surface area contributed by atoms with E-state index in [9.17, 15) is 5.11 Å². The van der Waals surface area contributed by atoms with E-state index in [1.54, 1.807) is 24.8 Å². The van der Waals surface area contributed by atoms with Crippen LogP contribution >= 0.6 is 11.3 Å².